The lowest BCUT2D eigenvalue weighted by Crippen LogP contribution is -2.34. The first-order valence-corrected chi connectivity index (χ1v) is 12.9. The zero-order valence-electron chi connectivity index (χ0n) is 17.8. The van der Waals surface area contributed by atoms with Crippen molar-refractivity contribution in [2.75, 3.05) is 12.3 Å². The first-order valence-electron chi connectivity index (χ1n) is 10.4. The number of carbonyl (C=O) groups excluding carboxylic acids is 1. The number of hydrogen-bond acceptors (Lipinski definition) is 5. The zero-order valence-corrected chi connectivity index (χ0v) is 19.4. The van der Waals surface area contributed by atoms with E-state index in [0.29, 0.717) is 10.6 Å². The van der Waals surface area contributed by atoms with Gasteiger partial charge < -0.3 is 5.32 Å². The van der Waals surface area contributed by atoms with E-state index in [4.69, 9.17) is 4.98 Å². The van der Waals surface area contributed by atoms with Crippen LogP contribution >= 0.6 is 11.3 Å². The van der Waals surface area contributed by atoms with E-state index in [1.165, 1.54) is 11.3 Å². The van der Waals surface area contributed by atoms with E-state index in [2.05, 4.69) is 10.0 Å². The molecular weight excluding hydrogens is 454 g/mol. The number of rotatable bonds is 9. The van der Waals surface area contributed by atoms with Crippen molar-refractivity contribution >= 4 is 27.3 Å². The molecule has 0 unspecified atom stereocenters. The van der Waals surface area contributed by atoms with Gasteiger partial charge in [0.15, 0.2) is 0 Å². The van der Waals surface area contributed by atoms with Crippen LogP contribution in [-0.4, -0.2) is 31.6 Å². The van der Waals surface area contributed by atoms with Gasteiger partial charge in [-0.15, -0.1) is 11.3 Å². The third-order valence-corrected chi connectivity index (χ3v) is 7.33. The van der Waals surface area contributed by atoms with Crippen molar-refractivity contribution in [3.05, 3.63) is 101 Å². The predicted molar refractivity (Wildman–Crippen MR) is 132 cm³/mol. The van der Waals surface area contributed by atoms with Crippen molar-refractivity contribution in [2.24, 2.45) is 0 Å². The van der Waals surface area contributed by atoms with Crippen LogP contribution in [0.25, 0.3) is 21.8 Å². The van der Waals surface area contributed by atoms with Crippen molar-refractivity contribution in [2.45, 2.75) is 6.54 Å². The summed E-state index contributed by atoms with van der Waals surface area (Å²) in [4.78, 5) is 18.2. The highest BCUT2D eigenvalue weighted by molar-refractivity contribution is 7.89. The number of sulfonamides is 1. The maximum Gasteiger partial charge on any atom is 0.263 e. The molecule has 0 saturated carbocycles. The summed E-state index contributed by atoms with van der Waals surface area (Å²) in [6.07, 6.45) is 0. The number of aromatic nitrogens is 1. The summed E-state index contributed by atoms with van der Waals surface area (Å²) >= 11 is 1.29. The van der Waals surface area contributed by atoms with Gasteiger partial charge in [0.05, 0.1) is 11.4 Å². The topological polar surface area (TPSA) is 88.2 Å². The molecule has 168 valence electrons. The lowest BCUT2D eigenvalue weighted by atomic mass is 10.1. The third-order valence-electron chi connectivity index (χ3n) is 4.90. The van der Waals surface area contributed by atoms with Crippen LogP contribution < -0.4 is 10.0 Å². The molecule has 0 aliphatic rings. The molecule has 0 aliphatic heterocycles. The summed E-state index contributed by atoms with van der Waals surface area (Å²) in [5.41, 5.74) is 3.21. The quantitative estimate of drug-likeness (QED) is 0.376. The highest BCUT2D eigenvalue weighted by Gasteiger charge is 2.21. The Balaban J connectivity index is 1.45. The molecule has 0 fully saturated rings. The molecular formula is C25H23N3O3S2. The van der Waals surface area contributed by atoms with E-state index in [1.807, 2.05) is 91.0 Å². The minimum absolute atomic E-state index is 0.00421. The van der Waals surface area contributed by atoms with Gasteiger partial charge >= 0.3 is 0 Å². The molecule has 4 rings (SSSR count). The Kier molecular flexibility index (Phi) is 7.29. The Morgan fingerprint density at radius 3 is 2.03 bits per heavy atom. The SMILES string of the molecule is O=C(NCCS(=O)(=O)NCc1ccccc1)c1sc(-c2ccccc2)nc1-c1ccccc1. The maximum absolute atomic E-state index is 13.0. The van der Waals surface area contributed by atoms with Gasteiger partial charge in [0.25, 0.3) is 5.91 Å². The fourth-order valence-corrected chi connectivity index (χ4v) is 5.12. The van der Waals surface area contributed by atoms with Crippen LogP contribution in [0.2, 0.25) is 0 Å². The Morgan fingerprint density at radius 1 is 0.818 bits per heavy atom. The molecule has 8 heteroatoms. The Bertz CT molecular complexity index is 1310. The van der Waals surface area contributed by atoms with Gasteiger partial charge in [0.1, 0.15) is 9.88 Å². The van der Waals surface area contributed by atoms with Crippen LogP contribution in [0.1, 0.15) is 15.2 Å². The number of thiazole rings is 1. The van der Waals surface area contributed by atoms with Crippen molar-refractivity contribution in [3.63, 3.8) is 0 Å². The first kappa shape index (κ1) is 22.8. The molecule has 0 radical (unpaired) electrons. The smallest absolute Gasteiger partial charge is 0.263 e. The molecule has 6 nitrogen and oxygen atoms in total. The van der Waals surface area contributed by atoms with E-state index in [-0.39, 0.29) is 24.7 Å². The van der Waals surface area contributed by atoms with E-state index in [0.717, 1.165) is 21.7 Å². The monoisotopic (exact) mass is 477 g/mol. The second kappa shape index (κ2) is 10.5. The Morgan fingerprint density at radius 2 is 1.39 bits per heavy atom. The molecule has 33 heavy (non-hydrogen) atoms. The van der Waals surface area contributed by atoms with Gasteiger partial charge in [0.2, 0.25) is 10.0 Å². The van der Waals surface area contributed by atoms with Crippen molar-refractivity contribution in [3.8, 4) is 21.8 Å². The summed E-state index contributed by atoms with van der Waals surface area (Å²) in [5.74, 6) is -0.553. The second-order valence-corrected chi connectivity index (χ2v) is 10.2. The Labute approximate surface area is 197 Å². The highest BCUT2D eigenvalue weighted by atomic mass is 32.2. The van der Waals surface area contributed by atoms with Crippen LogP contribution in [0.15, 0.2) is 91.0 Å². The summed E-state index contributed by atoms with van der Waals surface area (Å²) in [7, 11) is -3.53. The molecule has 0 spiro atoms. The van der Waals surface area contributed by atoms with Gasteiger partial charge in [-0.25, -0.2) is 18.1 Å². The lowest BCUT2D eigenvalue weighted by Gasteiger charge is -2.08. The average Bonchev–Trinajstić information content (AvgIpc) is 3.30. The van der Waals surface area contributed by atoms with Crippen molar-refractivity contribution in [1.29, 1.82) is 0 Å². The fraction of sp³-hybridized carbons (Fsp3) is 0.120. The minimum atomic E-state index is -3.53. The van der Waals surface area contributed by atoms with Crippen molar-refractivity contribution < 1.29 is 13.2 Å². The van der Waals surface area contributed by atoms with Gasteiger partial charge in [-0.05, 0) is 5.56 Å². The van der Waals surface area contributed by atoms with Crippen LogP contribution in [0.3, 0.4) is 0 Å². The van der Waals surface area contributed by atoms with Crippen molar-refractivity contribution in [1.82, 2.24) is 15.0 Å². The molecule has 1 amide bonds. The first-order chi connectivity index (χ1) is 16.0. The van der Waals surface area contributed by atoms with Crippen LogP contribution in [0, 0.1) is 0 Å². The molecule has 0 aliphatic carbocycles. The van der Waals surface area contributed by atoms with Crippen LogP contribution in [0.4, 0.5) is 0 Å². The third kappa shape index (κ3) is 6.13. The summed E-state index contributed by atoms with van der Waals surface area (Å²) in [6.45, 7) is 0.209. The molecule has 0 atom stereocenters. The summed E-state index contributed by atoms with van der Waals surface area (Å²) in [5, 5.41) is 3.47. The largest absolute Gasteiger partial charge is 0.350 e. The molecule has 0 saturated heterocycles. The number of nitrogens with zero attached hydrogens (tertiary/aromatic N) is 1. The Hall–Kier alpha value is -3.33. The number of hydrogen-bond donors (Lipinski definition) is 2. The van der Waals surface area contributed by atoms with E-state index >= 15 is 0 Å². The number of amides is 1. The summed E-state index contributed by atoms with van der Waals surface area (Å²) < 4.78 is 27.2. The molecule has 1 heterocycles. The predicted octanol–water partition coefficient (Wildman–Crippen LogP) is 4.33. The normalized spacial score (nSPS) is 11.3. The number of carbonyl (C=O) groups is 1. The standard InChI is InChI=1S/C25H23N3O3S2/c29-24(26-16-17-33(30,31)27-18-19-10-4-1-5-11-19)23-22(20-12-6-2-7-13-20)28-25(32-23)21-14-8-3-9-15-21/h1-15,27H,16-18H2,(H,26,29). The second-order valence-electron chi connectivity index (χ2n) is 7.31. The van der Waals surface area contributed by atoms with E-state index in [9.17, 15) is 13.2 Å². The minimum Gasteiger partial charge on any atom is -0.350 e. The fourth-order valence-electron chi connectivity index (χ4n) is 3.21. The van der Waals surface area contributed by atoms with Gasteiger partial charge in [0, 0.05) is 24.2 Å². The number of nitrogens with one attached hydrogen (secondary N) is 2. The molecule has 3 aromatic carbocycles. The summed E-state index contributed by atoms with van der Waals surface area (Å²) in [6, 6.07) is 28.4. The lowest BCUT2D eigenvalue weighted by molar-refractivity contribution is 0.0960. The number of benzene rings is 3. The van der Waals surface area contributed by atoms with E-state index < -0.39 is 10.0 Å². The van der Waals surface area contributed by atoms with Crippen LogP contribution in [-0.2, 0) is 16.6 Å². The molecule has 0 bridgehead atoms. The van der Waals surface area contributed by atoms with Gasteiger partial charge in [-0.3, -0.25) is 4.79 Å². The zero-order chi connectivity index (χ0) is 23.1. The van der Waals surface area contributed by atoms with Crippen LogP contribution in [0.5, 0.6) is 0 Å². The molecule has 1 aromatic heterocycles. The van der Waals surface area contributed by atoms with Gasteiger partial charge in [-0.2, -0.15) is 0 Å². The average molecular weight is 478 g/mol. The maximum atomic E-state index is 13.0. The highest BCUT2D eigenvalue weighted by Crippen LogP contribution is 2.33. The molecule has 2 N–H and O–H groups in total. The van der Waals surface area contributed by atoms with Gasteiger partial charge in [-0.1, -0.05) is 91.0 Å². The van der Waals surface area contributed by atoms with E-state index in [1.54, 1.807) is 0 Å². The molecule has 4 aromatic rings.